The van der Waals surface area contributed by atoms with E-state index < -0.39 is 0 Å². The van der Waals surface area contributed by atoms with Crippen LogP contribution in [-0.4, -0.2) is 42.7 Å². The van der Waals surface area contributed by atoms with Gasteiger partial charge in [0.15, 0.2) is 6.10 Å². The van der Waals surface area contributed by atoms with E-state index in [0.717, 1.165) is 6.54 Å². The van der Waals surface area contributed by atoms with E-state index in [0.29, 0.717) is 11.5 Å². The van der Waals surface area contributed by atoms with Crippen molar-refractivity contribution in [3.8, 4) is 0 Å². The predicted octanol–water partition coefficient (Wildman–Crippen LogP) is 3.25. The molecule has 21 heavy (non-hydrogen) atoms. The Balaban J connectivity index is 1.65. The van der Waals surface area contributed by atoms with E-state index in [1.54, 1.807) is 0 Å². The molecule has 3 heterocycles. The zero-order valence-corrected chi connectivity index (χ0v) is 13.0. The number of piperidine rings is 3. The van der Waals surface area contributed by atoms with Gasteiger partial charge in [-0.2, -0.15) is 0 Å². The number of unbranched alkanes of at least 4 members (excludes halogenated alkanes) is 1. The van der Waals surface area contributed by atoms with Crippen LogP contribution in [-0.2, 0) is 4.74 Å². The molecule has 0 saturated carbocycles. The molecule has 3 saturated heterocycles. The van der Waals surface area contributed by atoms with Crippen molar-refractivity contribution in [2.45, 2.75) is 38.7 Å². The molecule has 3 heteroatoms. The van der Waals surface area contributed by atoms with Crippen LogP contribution in [0.4, 0.5) is 0 Å². The fourth-order valence-electron chi connectivity index (χ4n) is 3.94. The van der Waals surface area contributed by atoms with Gasteiger partial charge in [0.25, 0.3) is 0 Å². The lowest BCUT2D eigenvalue weighted by Gasteiger charge is -2.52. The number of carbonyl (C=O) groups excluding carboxylic acids is 1. The maximum absolute atomic E-state index is 12.3. The number of quaternary nitrogens is 1. The average molecular weight is 288 g/mol. The minimum absolute atomic E-state index is 0.122. The van der Waals surface area contributed by atoms with Crippen molar-refractivity contribution in [3.63, 3.8) is 0 Å². The van der Waals surface area contributed by atoms with Gasteiger partial charge in [0.05, 0.1) is 25.2 Å². The van der Waals surface area contributed by atoms with Gasteiger partial charge in [0.2, 0.25) is 0 Å². The highest BCUT2D eigenvalue weighted by Gasteiger charge is 2.47. The van der Waals surface area contributed by atoms with Gasteiger partial charge in [0, 0.05) is 18.8 Å². The number of benzene rings is 1. The second kappa shape index (κ2) is 6.18. The second-order valence-corrected chi connectivity index (χ2v) is 6.70. The monoisotopic (exact) mass is 288 g/mol. The first-order valence-electron chi connectivity index (χ1n) is 8.33. The van der Waals surface area contributed by atoms with Crippen LogP contribution in [0.3, 0.4) is 0 Å². The molecular formula is C18H26NO2+. The van der Waals surface area contributed by atoms with Crippen LogP contribution in [0.15, 0.2) is 30.3 Å². The topological polar surface area (TPSA) is 26.3 Å². The van der Waals surface area contributed by atoms with Crippen molar-refractivity contribution in [1.29, 1.82) is 0 Å². The molecule has 3 aliphatic rings. The minimum Gasteiger partial charge on any atom is -0.452 e. The van der Waals surface area contributed by atoms with Gasteiger partial charge < -0.3 is 9.22 Å². The molecule has 0 spiro atoms. The van der Waals surface area contributed by atoms with E-state index in [1.807, 2.05) is 30.3 Å². The molecule has 1 aromatic rings. The zero-order valence-electron chi connectivity index (χ0n) is 13.0. The van der Waals surface area contributed by atoms with E-state index in [9.17, 15) is 4.79 Å². The lowest BCUT2D eigenvalue weighted by molar-refractivity contribution is -0.946. The third-order valence-corrected chi connectivity index (χ3v) is 5.30. The molecule has 0 unspecified atom stereocenters. The smallest absolute Gasteiger partial charge is 0.338 e. The molecule has 3 nitrogen and oxygen atoms in total. The predicted molar refractivity (Wildman–Crippen MR) is 83.0 cm³/mol. The maximum Gasteiger partial charge on any atom is 0.338 e. The molecule has 0 aliphatic carbocycles. The SMILES string of the molecule is CCCC[N+]12CCC(CC1)[C@H](OC(=O)c1ccccc1)C2. The highest BCUT2D eigenvalue weighted by Crippen LogP contribution is 2.36. The molecule has 0 radical (unpaired) electrons. The number of fused-ring (bicyclic) bond motifs is 3. The summed E-state index contributed by atoms with van der Waals surface area (Å²) in [4.78, 5) is 12.3. The third kappa shape index (κ3) is 3.13. The van der Waals surface area contributed by atoms with E-state index in [-0.39, 0.29) is 12.1 Å². The molecule has 3 aliphatic heterocycles. The van der Waals surface area contributed by atoms with Crippen LogP contribution in [0.25, 0.3) is 0 Å². The van der Waals surface area contributed by atoms with Crippen molar-refractivity contribution in [2.24, 2.45) is 5.92 Å². The van der Waals surface area contributed by atoms with E-state index in [1.165, 1.54) is 49.8 Å². The third-order valence-electron chi connectivity index (χ3n) is 5.30. The van der Waals surface area contributed by atoms with Gasteiger partial charge in [-0.3, -0.25) is 0 Å². The molecule has 4 rings (SSSR count). The molecule has 0 amide bonds. The van der Waals surface area contributed by atoms with Crippen LogP contribution >= 0.6 is 0 Å². The number of rotatable bonds is 5. The van der Waals surface area contributed by atoms with Crippen molar-refractivity contribution >= 4 is 5.97 Å². The molecule has 2 bridgehead atoms. The maximum atomic E-state index is 12.3. The summed E-state index contributed by atoms with van der Waals surface area (Å²) in [7, 11) is 0. The first-order chi connectivity index (χ1) is 10.2. The number of nitrogens with zero attached hydrogens (tertiary/aromatic N) is 1. The van der Waals surface area contributed by atoms with E-state index in [4.69, 9.17) is 4.74 Å². The van der Waals surface area contributed by atoms with Gasteiger partial charge >= 0.3 is 5.97 Å². The summed E-state index contributed by atoms with van der Waals surface area (Å²) in [6, 6.07) is 9.39. The van der Waals surface area contributed by atoms with Gasteiger partial charge in [-0.25, -0.2) is 4.79 Å². The van der Waals surface area contributed by atoms with Crippen LogP contribution in [0, 0.1) is 5.92 Å². The van der Waals surface area contributed by atoms with Crippen LogP contribution < -0.4 is 0 Å². The summed E-state index contributed by atoms with van der Waals surface area (Å²) in [6.07, 6.45) is 5.09. The normalized spacial score (nSPS) is 31.1. The Morgan fingerprint density at radius 1 is 1.24 bits per heavy atom. The Kier molecular flexibility index (Phi) is 4.29. The molecule has 0 aromatic heterocycles. The number of hydrogen-bond acceptors (Lipinski definition) is 2. The van der Waals surface area contributed by atoms with E-state index in [2.05, 4.69) is 6.92 Å². The largest absolute Gasteiger partial charge is 0.452 e. The Hall–Kier alpha value is -1.35. The number of hydrogen-bond donors (Lipinski definition) is 0. The van der Waals surface area contributed by atoms with Crippen molar-refractivity contribution in [3.05, 3.63) is 35.9 Å². The molecule has 3 fully saturated rings. The van der Waals surface area contributed by atoms with Gasteiger partial charge in [-0.1, -0.05) is 31.5 Å². The fourth-order valence-corrected chi connectivity index (χ4v) is 3.94. The Morgan fingerprint density at radius 2 is 1.95 bits per heavy atom. The lowest BCUT2D eigenvalue weighted by Crippen LogP contribution is -2.64. The van der Waals surface area contributed by atoms with Crippen molar-refractivity contribution in [1.82, 2.24) is 0 Å². The van der Waals surface area contributed by atoms with Crippen molar-refractivity contribution in [2.75, 3.05) is 26.2 Å². The zero-order chi connectivity index (χ0) is 14.7. The highest BCUT2D eigenvalue weighted by atomic mass is 16.5. The minimum atomic E-state index is -0.150. The summed E-state index contributed by atoms with van der Waals surface area (Å²) in [5, 5.41) is 0. The molecule has 0 N–H and O–H groups in total. The standard InChI is InChI=1S/C18H26NO2/c1-2-3-11-19-12-9-15(10-13-19)17(14-19)21-18(20)16-7-5-4-6-8-16/h4-8,15,17H,2-3,9-14H2,1H3/q+1/t15?,17-,19?/m1/s1. The summed E-state index contributed by atoms with van der Waals surface area (Å²) in [5.41, 5.74) is 0.675. The first-order valence-corrected chi connectivity index (χ1v) is 8.33. The lowest BCUT2D eigenvalue weighted by atomic mass is 9.83. The van der Waals surface area contributed by atoms with Crippen LogP contribution in [0.1, 0.15) is 43.0 Å². The number of carbonyl (C=O) groups is 1. The number of esters is 1. The van der Waals surface area contributed by atoms with Gasteiger partial charge in [-0.15, -0.1) is 0 Å². The summed E-state index contributed by atoms with van der Waals surface area (Å²) < 4.78 is 7.04. The van der Waals surface area contributed by atoms with E-state index >= 15 is 0 Å². The first kappa shape index (κ1) is 14.6. The fraction of sp³-hybridized carbons (Fsp3) is 0.611. The summed E-state index contributed by atoms with van der Waals surface area (Å²) in [6.45, 7) is 7.10. The number of ether oxygens (including phenoxy) is 1. The summed E-state index contributed by atoms with van der Waals surface area (Å²) in [5.74, 6) is 0.433. The Bertz CT molecular complexity index is 477. The Morgan fingerprint density at radius 3 is 2.62 bits per heavy atom. The Labute approximate surface area is 127 Å². The van der Waals surface area contributed by atoms with Gasteiger partial charge in [0.1, 0.15) is 6.54 Å². The van der Waals surface area contributed by atoms with Crippen LogP contribution in [0.2, 0.25) is 0 Å². The summed E-state index contributed by atoms with van der Waals surface area (Å²) >= 11 is 0. The average Bonchev–Trinajstić information content (AvgIpc) is 2.55. The molecule has 1 aromatic carbocycles. The quantitative estimate of drug-likeness (QED) is 0.614. The van der Waals surface area contributed by atoms with Gasteiger partial charge in [-0.05, 0) is 18.6 Å². The molecule has 114 valence electrons. The highest BCUT2D eigenvalue weighted by molar-refractivity contribution is 5.89. The van der Waals surface area contributed by atoms with Crippen LogP contribution in [0.5, 0.6) is 0 Å². The van der Waals surface area contributed by atoms with Crippen molar-refractivity contribution < 1.29 is 14.0 Å². The second-order valence-electron chi connectivity index (χ2n) is 6.70. The molecular weight excluding hydrogens is 262 g/mol. The molecule has 1 atom stereocenters.